The zero-order valence-electron chi connectivity index (χ0n) is 16.4. The van der Waals surface area contributed by atoms with E-state index in [0.717, 1.165) is 13.1 Å². The average Bonchev–Trinajstić information content (AvgIpc) is 2.99. The van der Waals surface area contributed by atoms with E-state index in [4.69, 9.17) is 11.6 Å². The van der Waals surface area contributed by atoms with Crippen LogP contribution in [0.25, 0.3) is 0 Å². The molecule has 1 amide bonds. The van der Waals surface area contributed by atoms with Crippen molar-refractivity contribution in [2.24, 2.45) is 0 Å². The number of aryl methyl sites for hydroxylation is 1. The molecule has 1 aromatic carbocycles. The molecule has 5 nitrogen and oxygen atoms in total. The molecule has 1 aliphatic heterocycles. The minimum absolute atomic E-state index is 0.142. The molecule has 1 fully saturated rings. The minimum Gasteiger partial charge on any atom is -0.349 e. The van der Waals surface area contributed by atoms with Gasteiger partial charge in [-0.1, -0.05) is 66.0 Å². The molecule has 0 bridgehead atoms. The van der Waals surface area contributed by atoms with Crippen molar-refractivity contribution < 1.29 is 4.79 Å². The highest BCUT2D eigenvalue weighted by atomic mass is 35.5. The maximum Gasteiger partial charge on any atom is 0.271 e. The van der Waals surface area contributed by atoms with Crippen LogP contribution in [0, 0.1) is 6.92 Å². The van der Waals surface area contributed by atoms with E-state index >= 15 is 0 Å². The topological polar surface area (TPSA) is 58.1 Å². The summed E-state index contributed by atoms with van der Waals surface area (Å²) < 4.78 is 0. The summed E-state index contributed by atoms with van der Waals surface area (Å²) in [7, 11) is 0. The first-order valence-corrected chi connectivity index (χ1v) is 11.3. The highest BCUT2D eigenvalue weighted by Crippen LogP contribution is 2.25. The summed E-state index contributed by atoms with van der Waals surface area (Å²) in [5.74, 6) is -0.255. The maximum atomic E-state index is 12.8. The Morgan fingerprint density at radius 2 is 1.89 bits per heavy atom. The fraction of sp³-hybridized carbons (Fsp3) is 0.476. The van der Waals surface area contributed by atoms with Crippen LogP contribution in [0.4, 0.5) is 0 Å². The summed E-state index contributed by atoms with van der Waals surface area (Å²) in [5.41, 5.74) is 2.70. The Morgan fingerprint density at radius 3 is 2.54 bits per heavy atom. The number of halogens is 1. The van der Waals surface area contributed by atoms with Crippen LogP contribution < -0.4 is 5.32 Å². The molecule has 0 aliphatic carbocycles. The van der Waals surface area contributed by atoms with E-state index in [1.165, 1.54) is 54.8 Å². The molecule has 1 aliphatic rings. The van der Waals surface area contributed by atoms with Gasteiger partial charge in [-0.15, -0.1) is 0 Å². The molecule has 2 aromatic rings. The lowest BCUT2D eigenvalue weighted by Gasteiger charge is -2.31. The lowest BCUT2D eigenvalue weighted by atomic mass is 10.0. The van der Waals surface area contributed by atoms with Crippen molar-refractivity contribution in [2.45, 2.75) is 43.8 Å². The number of nitrogens with one attached hydrogen (secondary N) is 1. The predicted octanol–water partition coefficient (Wildman–Crippen LogP) is 4.51. The molecular formula is C21H27ClN4OS. The molecule has 1 aromatic heterocycles. The zero-order valence-corrected chi connectivity index (χ0v) is 18.0. The second-order valence-electron chi connectivity index (χ2n) is 7.14. The highest BCUT2D eigenvalue weighted by molar-refractivity contribution is 7.98. The first-order chi connectivity index (χ1) is 13.6. The number of benzene rings is 1. The lowest BCUT2D eigenvalue weighted by Crippen LogP contribution is -2.39. The molecule has 0 spiro atoms. The van der Waals surface area contributed by atoms with Crippen molar-refractivity contribution in [1.82, 2.24) is 20.2 Å². The molecular weight excluding hydrogens is 392 g/mol. The van der Waals surface area contributed by atoms with Crippen LogP contribution in [0.5, 0.6) is 0 Å². The molecule has 3 rings (SSSR count). The second-order valence-corrected chi connectivity index (χ2v) is 8.32. The smallest absolute Gasteiger partial charge is 0.271 e. The highest BCUT2D eigenvalue weighted by Gasteiger charge is 2.23. The summed E-state index contributed by atoms with van der Waals surface area (Å²) in [6.45, 7) is 4.72. The Kier molecular flexibility index (Phi) is 7.71. The van der Waals surface area contributed by atoms with Gasteiger partial charge in [0.05, 0.1) is 17.3 Å². The van der Waals surface area contributed by atoms with E-state index in [1.807, 2.05) is 6.26 Å². The van der Waals surface area contributed by atoms with Crippen molar-refractivity contribution in [3.63, 3.8) is 0 Å². The fourth-order valence-corrected chi connectivity index (χ4v) is 4.05. The summed E-state index contributed by atoms with van der Waals surface area (Å²) in [6.07, 6.45) is 8.31. The molecule has 2 heterocycles. The molecule has 0 saturated carbocycles. The van der Waals surface area contributed by atoms with Crippen molar-refractivity contribution in [2.75, 3.05) is 25.9 Å². The molecule has 1 unspecified atom stereocenters. The lowest BCUT2D eigenvalue weighted by molar-refractivity contribution is 0.0927. The van der Waals surface area contributed by atoms with E-state index < -0.39 is 0 Å². The Bertz CT molecular complexity index is 791. The monoisotopic (exact) mass is 418 g/mol. The van der Waals surface area contributed by atoms with Gasteiger partial charge in [0.2, 0.25) is 0 Å². The molecule has 150 valence electrons. The quantitative estimate of drug-likeness (QED) is 0.552. The number of rotatable bonds is 6. The van der Waals surface area contributed by atoms with Crippen molar-refractivity contribution >= 4 is 29.3 Å². The first-order valence-electron chi connectivity index (χ1n) is 9.74. The van der Waals surface area contributed by atoms with Crippen LogP contribution in [0.15, 0.2) is 35.6 Å². The minimum atomic E-state index is -0.255. The zero-order chi connectivity index (χ0) is 19.9. The van der Waals surface area contributed by atoms with Gasteiger partial charge in [0.1, 0.15) is 0 Å². The molecule has 28 heavy (non-hydrogen) atoms. The maximum absolute atomic E-state index is 12.8. The number of amides is 1. The van der Waals surface area contributed by atoms with Gasteiger partial charge in [-0.25, -0.2) is 9.97 Å². The van der Waals surface area contributed by atoms with Gasteiger partial charge in [0.15, 0.2) is 10.9 Å². The van der Waals surface area contributed by atoms with E-state index in [1.54, 1.807) is 0 Å². The van der Waals surface area contributed by atoms with Crippen LogP contribution in [0.3, 0.4) is 0 Å². The Balaban J connectivity index is 1.77. The second kappa shape index (κ2) is 10.2. The number of hydrogen-bond acceptors (Lipinski definition) is 5. The molecule has 1 N–H and O–H groups in total. The molecule has 7 heteroatoms. The van der Waals surface area contributed by atoms with Crippen molar-refractivity contribution in [1.29, 1.82) is 0 Å². The third-order valence-electron chi connectivity index (χ3n) is 5.12. The summed E-state index contributed by atoms with van der Waals surface area (Å²) in [4.78, 5) is 23.6. The van der Waals surface area contributed by atoms with Crippen LogP contribution in [-0.2, 0) is 0 Å². The fourth-order valence-electron chi connectivity index (χ4n) is 3.53. The molecule has 1 atom stereocenters. The number of aromatic nitrogens is 2. The largest absolute Gasteiger partial charge is 0.349 e. The van der Waals surface area contributed by atoms with Crippen LogP contribution >= 0.6 is 23.4 Å². The predicted molar refractivity (Wildman–Crippen MR) is 115 cm³/mol. The summed E-state index contributed by atoms with van der Waals surface area (Å²) >= 11 is 7.55. The standard InChI is InChI=1S/C21H27ClN4OS/c1-15-7-9-16(10-8-15)18(26-11-5-3-4-6-12-26)14-23-20(27)19-17(22)13-24-21(25-19)28-2/h7-10,13,18H,3-6,11-12,14H2,1-2H3,(H,23,27). The van der Waals surface area contributed by atoms with Crippen LogP contribution in [0.2, 0.25) is 5.02 Å². The normalized spacial score (nSPS) is 16.4. The third kappa shape index (κ3) is 5.46. The van der Waals surface area contributed by atoms with Gasteiger partial charge in [0, 0.05) is 6.54 Å². The van der Waals surface area contributed by atoms with Gasteiger partial charge in [-0.3, -0.25) is 9.69 Å². The van der Waals surface area contributed by atoms with Gasteiger partial charge in [-0.05, 0) is 44.7 Å². The van der Waals surface area contributed by atoms with Gasteiger partial charge < -0.3 is 5.32 Å². The van der Waals surface area contributed by atoms with Gasteiger partial charge in [-0.2, -0.15) is 0 Å². The van der Waals surface area contributed by atoms with Gasteiger partial charge >= 0.3 is 0 Å². The Hall–Kier alpha value is -1.63. The Morgan fingerprint density at radius 1 is 1.21 bits per heavy atom. The van der Waals surface area contributed by atoms with Crippen molar-refractivity contribution in [3.8, 4) is 0 Å². The summed E-state index contributed by atoms with van der Waals surface area (Å²) in [5, 5.41) is 3.87. The number of thioether (sulfide) groups is 1. The number of carbonyl (C=O) groups is 1. The average molecular weight is 419 g/mol. The number of carbonyl (C=O) groups excluding carboxylic acids is 1. The van der Waals surface area contributed by atoms with E-state index in [0.29, 0.717) is 11.7 Å². The number of nitrogens with zero attached hydrogens (tertiary/aromatic N) is 3. The SMILES string of the molecule is CSc1ncc(Cl)c(C(=O)NCC(c2ccc(C)cc2)N2CCCCCC2)n1. The number of likely N-dealkylation sites (tertiary alicyclic amines) is 1. The van der Waals surface area contributed by atoms with E-state index in [2.05, 4.69) is 51.4 Å². The van der Waals surface area contributed by atoms with E-state index in [-0.39, 0.29) is 22.7 Å². The molecule has 1 saturated heterocycles. The van der Waals surface area contributed by atoms with Crippen LogP contribution in [-0.4, -0.2) is 46.7 Å². The summed E-state index contributed by atoms with van der Waals surface area (Å²) in [6, 6.07) is 8.74. The third-order valence-corrected chi connectivity index (χ3v) is 5.96. The number of hydrogen-bond donors (Lipinski definition) is 1. The van der Waals surface area contributed by atoms with Crippen molar-refractivity contribution in [3.05, 3.63) is 52.3 Å². The van der Waals surface area contributed by atoms with E-state index in [9.17, 15) is 4.79 Å². The first kappa shape index (κ1) is 21.1. The van der Waals surface area contributed by atoms with Crippen LogP contribution in [0.1, 0.15) is 53.3 Å². The van der Waals surface area contributed by atoms with Gasteiger partial charge in [0.25, 0.3) is 5.91 Å². The Labute approximate surface area is 176 Å². The molecule has 0 radical (unpaired) electrons.